The molecule has 1 aromatic rings. The van der Waals surface area contributed by atoms with Gasteiger partial charge in [-0.2, -0.15) is 0 Å². The van der Waals surface area contributed by atoms with E-state index >= 15 is 0 Å². The molecule has 0 unspecified atom stereocenters. The summed E-state index contributed by atoms with van der Waals surface area (Å²) in [6, 6.07) is 3.88. The number of pyridine rings is 1. The highest BCUT2D eigenvalue weighted by molar-refractivity contribution is 5.78. The summed E-state index contributed by atoms with van der Waals surface area (Å²) in [7, 11) is 0. The quantitative estimate of drug-likeness (QED) is 0.716. The molecule has 0 spiro atoms. The minimum Gasteiger partial charge on any atom is -0.336 e. The van der Waals surface area contributed by atoms with Gasteiger partial charge in [0.15, 0.2) is 0 Å². The third-order valence-electron chi connectivity index (χ3n) is 2.31. The van der Waals surface area contributed by atoms with Crippen LogP contribution in [0.3, 0.4) is 0 Å². The SMILES string of the molecule is O=C1CNCCN1Cc1ccncc1. The minimum absolute atomic E-state index is 0.174. The van der Waals surface area contributed by atoms with Gasteiger partial charge in [0.2, 0.25) is 5.91 Å². The van der Waals surface area contributed by atoms with Gasteiger partial charge in [-0.25, -0.2) is 0 Å². The van der Waals surface area contributed by atoms with E-state index in [9.17, 15) is 4.79 Å². The van der Waals surface area contributed by atoms with Crippen molar-refractivity contribution in [1.82, 2.24) is 15.2 Å². The molecule has 1 amide bonds. The summed E-state index contributed by atoms with van der Waals surface area (Å²) >= 11 is 0. The standard InChI is InChI=1S/C10H13N3O/c14-10-7-12-5-6-13(10)8-9-1-3-11-4-2-9/h1-4,12H,5-8H2. The largest absolute Gasteiger partial charge is 0.336 e. The molecule has 0 aromatic carbocycles. The maximum atomic E-state index is 11.4. The third kappa shape index (κ3) is 2.09. The Morgan fingerprint density at radius 2 is 2.21 bits per heavy atom. The van der Waals surface area contributed by atoms with Crippen molar-refractivity contribution in [2.24, 2.45) is 0 Å². The lowest BCUT2D eigenvalue weighted by atomic mass is 10.2. The Morgan fingerprint density at radius 1 is 1.43 bits per heavy atom. The summed E-state index contributed by atoms with van der Waals surface area (Å²) in [5, 5.41) is 3.05. The van der Waals surface area contributed by atoms with Gasteiger partial charge in [-0.05, 0) is 17.7 Å². The van der Waals surface area contributed by atoms with Gasteiger partial charge < -0.3 is 10.2 Å². The van der Waals surface area contributed by atoms with Crippen LogP contribution in [0.2, 0.25) is 0 Å². The Hall–Kier alpha value is -1.42. The van der Waals surface area contributed by atoms with Crippen LogP contribution in [0.5, 0.6) is 0 Å². The van der Waals surface area contributed by atoms with Crippen LogP contribution in [0, 0.1) is 0 Å². The van der Waals surface area contributed by atoms with Gasteiger partial charge >= 0.3 is 0 Å². The Labute approximate surface area is 82.9 Å². The fourth-order valence-electron chi connectivity index (χ4n) is 1.52. The van der Waals surface area contributed by atoms with Crippen molar-refractivity contribution in [2.75, 3.05) is 19.6 Å². The molecule has 1 N–H and O–H groups in total. The highest BCUT2D eigenvalue weighted by atomic mass is 16.2. The molecule has 0 saturated carbocycles. The van der Waals surface area contributed by atoms with Crippen molar-refractivity contribution in [3.05, 3.63) is 30.1 Å². The molecule has 4 nitrogen and oxygen atoms in total. The van der Waals surface area contributed by atoms with Crippen LogP contribution in [-0.2, 0) is 11.3 Å². The lowest BCUT2D eigenvalue weighted by Gasteiger charge is -2.27. The van der Waals surface area contributed by atoms with Crippen molar-refractivity contribution in [3.8, 4) is 0 Å². The number of nitrogens with zero attached hydrogens (tertiary/aromatic N) is 2. The van der Waals surface area contributed by atoms with Crippen LogP contribution in [0.1, 0.15) is 5.56 Å². The van der Waals surface area contributed by atoms with Crippen molar-refractivity contribution in [1.29, 1.82) is 0 Å². The van der Waals surface area contributed by atoms with E-state index < -0.39 is 0 Å². The number of nitrogens with one attached hydrogen (secondary N) is 1. The molecule has 1 aliphatic rings. The van der Waals surface area contributed by atoms with Crippen molar-refractivity contribution in [2.45, 2.75) is 6.54 Å². The van der Waals surface area contributed by atoms with Gasteiger partial charge in [-0.15, -0.1) is 0 Å². The molecule has 4 heteroatoms. The van der Waals surface area contributed by atoms with Crippen LogP contribution >= 0.6 is 0 Å². The van der Waals surface area contributed by atoms with Crippen molar-refractivity contribution < 1.29 is 4.79 Å². The third-order valence-corrected chi connectivity index (χ3v) is 2.31. The molecule has 2 rings (SSSR count). The highest BCUT2D eigenvalue weighted by Gasteiger charge is 2.16. The summed E-state index contributed by atoms with van der Waals surface area (Å²) < 4.78 is 0. The number of piperazine rings is 1. The molecule has 0 atom stereocenters. The van der Waals surface area contributed by atoms with Gasteiger partial charge in [0.1, 0.15) is 0 Å². The minimum atomic E-state index is 0.174. The summed E-state index contributed by atoms with van der Waals surface area (Å²) in [4.78, 5) is 17.3. The second-order valence-corrected chi connectivity index (χ2v) is 3.35. The molecule has 1 fully saturated rings. The van der Waals surface area contributed by atoms with Crippen LogP contribution in [-0.4, -0.2) is 35.4 Å². The molecular weight excluding hydrogens is 178 g/mol. The average molecular weight is 191 g/mol. The van der Waals surface area contributed by atoms with E-state index in [0.717, 1.165) is 18.7 Å². The summed E-state index contributed by atoms with van der Waals surface area (Å²) in [5.74, 6) is 0.174. The molecule has 0 bridgehead atoms. The fraction of sp³-hybridized carbons (Fsp3) is 0.400. The molecule has 1 saturated heterocycles. The number of carbonyl (C=O) groups is 1. The van der Waals surface area contributed by atoms with Gasteiger partial charge in [0.05, 0.1) is 6.54 Å². The first kappa shape index (κ1) is 9.15. The average Bonchev–Trinajstić information content (AvgIpc) is 2.23. The van der Waals surface area contributed by atoms with E-state index in [1.807, 2.05) is 17.0 Å². The molecule has 2 heterocycles. The van der Waals surface area contributed by atoms with Crippen LogP contribution in [0.15, 0.2) is 24.5 Å². The second-order valence-electron chi connectivity index (χ2n) is 3.35. The van der Waals surface area contributed by atoms with Crippen molar-refractivity contribution >= 4 is 5.91 Å². The molecule has 1 aliphatic heterocycles. The van der Waals surface area contributed by atoms with E-state index in [4.69, 9.17) is 0 Å². The number of hydrogen-bond donors (Lipinski definition) is 1. The van der Waals surface area contributed by atoms with Gasteiger partial charge in [0, 0.05) is 32.0 Å². The lowest BCUT2D eigenvalue weighted by Crippen LogP contribution is -2.47. The first-order valence-corrected chi connectivity index (χ1v) is 4.73. The maximum Gasteiger partial charge on any atom is 0.236 e. The fourth-order valence-corrected chi connectivity index (χ4v) is 1.52. The topological polar surface area (TPSA) is 45.2 Å². The Morgan fingerprint density at radius 3 is 2.93 bits per heavy atom. The highest BCUT2D eigenvalue weighted by Crippen LogP contribution is 2.04. The van der Waals surface area contributed by atoms with E-state index in [1.54, 1.807) is 12.4 Å². The lowest BCUT2D eigenvalue weighted by molar-refractivity contribution is -0.132. The van der Waals surface area contributed by atoms with Gasteiger partial charge in [0.25, 0.3) is 0 Å². The molecule has 1 aromatic heterocycles. The van der Waals surface area contributed by atoms with Crippen LogP contribution in [0.25, 0.3) is 0 Å². The van der Waals surface area contributed by atoms with E-state index in [0.29, 0.717) is 13.1 Å². The van der Waals surface area contributed by atoms with Crippen LogP contribution < -0.4 is 5.32 Å². The summed E-state index contributed by atoms with van der Waals surface area (Å²) in [6.07, 6.45) is 3.50. The number of rotatable bonds is 2. The zero-order valence-electron chi connectivity index (χ0n) is 7.94. The number of hydrogen-bond acceptors (Lipinski definition) is 3. The smallest absolute Gasteiger partial charge is 0.236 e. The van der Waals surface area contributed by atoms with E-state index in [2.05, 4.69) is 10.3 Å². The van der Waals surface area contributed by atoms with E-state index in [1.165, 1.54) is 0 Å². The van der Waals surface area contributed by atoms with Gasteiger partial charge in [-0.1, -0.05) is 0 Å². The molecule has 14 heavy (non-hydrogen) atoms. The first-order valence-electron chi connectivity index (χ1n) is 4.73. The predicted molar refractivity (Wildman–Crippen MR) is 52.5 cm³/mol. The molecule has 74 valence electrons. The number of carbonyl (C=O) groups excluding carboxylic acids is 1. The monoisotopic (exact) mass is 191 g/mol. The Balaban J connectivity index is 2.00. The summed E-state index contributed by atoms with van der Waals surface area (Å²) in [5.41, 5.74) is 1.13. The Bertz CT molecular complexity index is 312. The number of aromatic nitrogens is 1. The number of amides is 1. The van der Waals surface area contributed by atoms with Gasteiger partial charge in [-0.3, -0.25) is 9.78 Å². The molecule has 0 radical (unpaired) electrons. The maximum absolute atomic E-state index is 11.4. The Kier molecular flexibility index (Phi) is 2.74. The van der Waals surface area contributed by atoms with Crippen LogP contribution in [0.4, 0.5) is 0 Å². The normalized spacial score (nSPS) is 17.1. The van der Waals surface area contributed by atoms with E-state index in [-0.39, 0.29) is 5.91 Å². The van der Waals surface area contributed by atoms with Crippen molar-refractivity contribution in [3.63, 3.8) is 0 Å². The zero-order valence-corrected chi connectivity index (χ0v) is 7.94. The summed E-state index contributed by atoms with van der Waals surface area (Å²) in [6.45, 7) is 2.84. The molecule has 0 aliphatic carbocycles. The second kappa shape index (κ2) is 4.19. The zero-order chi connectivity index (χ0) is 9.80. The predicted octanol–water partition coefficient (Wildman–Crippen LogP) is 0.0134. The molecular formula is C10H13N3O. The first-order chi connectivity index (χ1) is 6.86.